The highest BCUT2D eigenvalue weighted by Crippen LogP contribution is 2.30. The molecular weight excluding hydrogens is 220 g/mol. The fraction of sp³-hybridized carbons (Fsp3) is 0.375. The smallest absolute Gasteiger partial charge is 0.0667 e. The zero-order valence-electron chi connectivity index (χ0n) is 11.3. The molecule has 0 spiro atoms. The molecule has 0 aliphatic heterocycles. The minimum atomic E-state index is -0.223. The largest absolute Gasteiger partial charge is 0.0803 e. The highest BCUT2D eigenvalue weighted by molar-refractivity contribution is 6.56. The molecule has 0 radical (unpaired) electrons. The van der Waals surface area contributed by atoms with Gasteiger partial charge in [0.2, 0.25) is 0 Å². The molecule has 0 N–H and O–H groups in total. The molecule has 2 rings (SSSR count). The maximum absolute atomic E-state index is 2.40. The summed E-state index contributed by atoms with van der Waals surface area (Å²) in [5.74, 6) is 0.688. The van der Waals surface area contributed by atoms with E-state index in [9.17, 15) is 0 Å². The van der Waals surface area contributed by atoms with E-state index in [2.05, 4.69) is 64.1 Å². The Kier molecular flexibility index (Phi) is 3.68. The van der Waals surface area contributed by atoms with Gasteiger partial charge in [-0.25, -0.2) is 0 Å². The summed E-state index contributed by atoms with van der Waals surface area (Å²) in [6.07, 6.45) is 6.97. The van der Waals surface area contributed by atoms with Gasteiger partial charge in [-0.1, -0.05) is 72.2 Å². The van der Waals surface area contributed by atoms with Crippen LogP contribution < -0.4 is 5.19 Å². The molecule has 0 heterocycles. The van der Waals surface area contributed by atoms with Gasteiger partial charge in [0.1, 0.15) is 0 Å². The lowest BCUT2D eigenvalue weighted by Gasteiger charge is -2.17. The van der Waals surface area contributed by atoms with Crippen LogP contribution in [0.3, 0.4) is 0 Å². The molecule has 0 fully saturated rings. The predicted octanol–water partition coefficient (Wildman–Crippen LogP) is 3.04. The quantitative estimate of drug-likeness (QED) is 0.715. The van der Waals surface area contributed by atoms with Crippen molar-refractivity contribution >= 4 is 14.7 Å². The standard InChI is InChI=1S/C16H22Si/c1-11(2)15-6-5-7-16(15)17-14-9-12(3)8-13(4)10-14/h5-11,16H,17H2,1-4H3. The summed E-state index contributed by atoms with van der Waals surface area (Å²) in [6.45, 7) is 9.02. The second kappa shape index (κ2) is 5.05. The van der Waals surface area contributed by atoms with Gasteiger partial charge in [0, 0.05) is 0 Å². The zero-order chi connectivity index (χ0) is 12.4. The van der Waals surface area contributed by atoms with Crippen molar-refractivity contribution in [3.05, 3.63) is 53.1 Å². The highest BCUT2D eigenvalue weighted by Gasteiger charge is 2.18. The van der Waals surface area contributed by atoms with Gasteiger partial charge in [-0.2, -0.15) is 0 Å². The first-order valence-corrected chi connectivity index (χ1v) is 8.04. The Morgan fingerprint density at radius 2 is 1.71 bits per heavy atom. The van der Waals surface area contributed by atoms with Crippen LogP contribution in [0.2, 0.25) is 5.54 Å². The van der Waals surface area contributed by atoms with Crippen LogP contribution >= 0.6 is 0 Å². The Balaban J connectivity index is 2.16. The fourth-order valence-electron chi connectivity index (χ4n) is 2.78. The monoisotopic (exact) mass is 242 g/mol. The molecule has 1 aromatic carbocycles. The molecule has 1 aromatic rings. The van der Waals surface area contributed by atoms with Crippen LogP contribution in [0.25, 0.3) is 0 Å². The van der Waals surface area contributed by atoms with Gasteiger partial charge in [0.15, 0.2) is 0 Å². The third-order valence-corrected chi connectivity index (χ3v) is 5.53. The van der Waals surface area contributed by atoms with E-state index in [-0.39, 0.29) is 9.52 Å². The second-order valence-electron chi connectivity index (χ2n) is 5.51. The van der Waals surface area contributed by atoms with Crippen LogP contribution in [0.5, 0.6) is 0 Å². The average Bonchev–Trinajstić information content (AvgIpc) is 2.63. The number of allylic oxidation sites excluding steroid dienone is 4. The maximum atomic E-state index is 2.40. The molecule has 0 amide bonds. The Labute approximate surface area is 107 Å². The van der Waals surface area contributed by atoms with Crippen molar-refractivity contribution in [2.45, 2.75) is 33.2 Å². The summed E-state index contributed by atoms with van der Waals surface area (Å²) in [4.78, 5) is 0. The number of benzene rings is 1. The number of rotatable bonds is 3. The van der Waals surface area contributed by atoms with Crippen molar-refractivity contribution in [1.29, 1.82) is 0 Å². The van der Waals surface area contributed by atoms with Gasteiger partial charge in [-0.3, -0.25) is 0 Å². The maximum Gasteiger partial charge on any atom is 0.0667 e. The van der Waals surface area contributed by atoms with Gasteiger partial charge in [0.05, 0.1) is 9.52 Å². The van der Waals surface area contributed by atoms with Gasteiger partial charge in [-0.05, 0) is 25.3 Å². The lowest BCUT2D eigenvalue weighted by molar-refractivity contribution is 0.751. The minimum absolute atomic E-state index is 0.223. The Hall–Kier alpha value is -1.08. The summed E-state index contributed by atoms with van der Waals surface area (Å²) >= 11 is 0. The molecular formula is C16H22Si. The fourth-order valence-corrected chi connectivity index (χ4v) is 5.31. The van der Waals surface area contributed by atoms with Gasteiger partial charge < -0.3 is 0 Å². The second-order valence-corrected chi connectivity index (χ2v) is 7.62. The molecule has 1 heteroatoms. The average molecular weight is 242 g/mol. The van der Waals surface area contributed by atoms with Gasteiger partial charge in [0.25, 0.3) is 0 Å². The first kappa shape index (κ1) is 12.4. The summed E-state index contributed by atoms with van der Waals surface area (Å²) in [7, 11) is -0.223. The van der Waals surface area contributed by atoms with Crippen molar-refractivity contribution < 1.29 is 0 Å². The Morgan fingerprint density at radius 3 is 2.29 bits per heavy atom. The number of hydrogen-bond donors (Lipinski definition) is 0. The van der Waals surface area contributed by atoms with Crippen molar-refractivity contribution in [3.8, 4) is 0 Å². The lowest BCUT2D eigenvalue weighted by atomic mass is 10.0. The van der Waals surface area contributed by atoms with Crippen LogP contribution in [0.15, 0.2) is 42.0 Å². The first-order valence-electron chi connectivity index (χ1n) is 6.51. The van der Waals surface area contributed by atoms with E-state index in [0.29, 0.717) is 5.92 Å². The van der Waals surface area contributed by atoms with E-state index in [1.807, 2.05) is 0 Å². The molecule has 1 unspecified atom stereocenters. The SMILES string of the molecule is Cc1cc(C)cc([SiH2]C2C=CC=C2C(C)C)c1. The third kappa shape index (κ3) is 2.98. The van der Waals surface area contributed by atoms with E-state index >= 15 is 0 Å². The van der Waals surface area contributed by atoms with Crippen molar-refractivity contribution in [3.63, 3.8) is 0 Å². The minimum Gasteiger partial charge on any atom is -0.0803 e. The first-order chi connectivity index (χ1) is 8.06. The van der Waals surface area contributed by atoms with E-state index in [1.54, 1.807) is 10.8 Å². The predicted molar refractivity (Wildman–Crippen MR) is 79.9 cm³/mol. The molecule has 0 aromatic heterocycles. The van der Waals surface area contributed by atoms with E-state index in [0.717, 1.165) is 5.54 Å². The Bertz CT molecular complexity index is 446. The number of aryl methyl sites for hydroxylation is 2. The van der Waals surface area contributed by atoms with E-state index < -0.39 is 0 Å². The van der Waals surface area contributed by atoms with Gasteiger partial charge in [-0.15, -0.1) is 0 Å². The summed E-state index contributed by atoms with van der Waals surface area (Å²) in [5.41, 5.74) is 5.20. The van der Waals surface area contributed by atoms with Crippen molar-refractivity contribution in [2.24, 2.45) is 5.92 Å². The summed E-state index contributed by atoms with van der Waals surface area (Å²) < 4.78 is 0. The molecule has 1 aliphatic rings. The molecule has 0 saturated carbocycles. The molecule has 1 aliphatic carbocycles. The molecule has 1 atom stereocenters. The van der Waals surface area contributed by atoms with Crippen molar-refractivity contribution in [1.82, 2.24) is 0 Å². The van der Waals surface area contributed by atoms with Crippen LogP contribution in [-0.4, -0.2) is 9.52 Å². The number of hydrogen-bond acceptors (Lipinski definition) is 0. The molecule has 0 nitrogen and oxygen atoms in total. The van der Waals surface area contributed by atoms with Crippen LogP contribution in [0.1, 0.15) is 25.0 Å². The summed E-state index contributed by atoms with van der Waals surface area (Å²) in [6, 6.07) is 7.02. The lowest BCUT2D eigenvalue weighted by Crippen LogP contribution is -2.21. The molecule has 0 saturated heterocycles. The Morgan fingerprint density at radius 1 is 1.06 bits per heavy atom. The van der Waals surface area contributed by atoms with Crippen LogP contribution in [0.4, 0.5) is 0 Å². The van der Waals surface area contributed by atoms with Crippen LogP contribution in [0, 0.1) is 19.8 Å². The van der Waals surface area contributed by atoms with Gasteiger partial charge >= 0.3 is 0 Å². The summed E-state index contributed by atoms with van der Waals surface area (Å²) in [5, 5.41) is 1.60. The normalized spacial score (nSPS) is 19.6. The van der Waals surface area contributed by atoms with Crippen LogP contribution in [-0.2, 0) is 0 Å². The topological polar surface area (TPSA) is 0 Å². The third-order valence-electron chi connectivity index (χ3n) is 3.46. The van der Waals surface area contributed by atoms with Crippen molar-refractivity contribution in [2.75, 3.05) is 0 Å². The highest BCUT2D eigenvalue weighted by atomic mass is 28.2. The molecule has 17 heavy (non-hydrogen) atoms. The molecule has 0 bridgehead atoms. The molecule has 90 valence electrons. The zero-order valence-corrected chi connectivity index (χ0v) is 12.7. The van der Waals surface area contributed by atoms with E-state index in [1.165, 1.54) is 11.1 Å². The van der Waals surface area contributed by atoms with E-state index in [4.69, 9.17) is 0 Å².